The van der Waals surface area contributed by atoms with Crippen molar-refractivity contribution in [1.29, 1.82) is 0 Å². The zero-order valence-electron chi connectivity index (χ0n) is 9.38. The van der Waals surface area contributed by atoms with Crippen LogP contribution in [0, 0.1) is 0 Å². The summed E-state index contributed by atoms with van der Waals surface area (Å²) in [5, 5.41) is 1.81. The number of halogens is 3. The number of alkyl carbamates (subject to hydrolysis) is 1. The second kappa shape index (κ2) is 5.52. The molecule has 18 heavy (non-hydrogen) atoms. The van der Waals surface area contributed by atoms with Crippen molar-refractivity contribution in [3.63, 3.8) is 0 Å². The van der Waals surface area contributed by atoms with Crippen molar-refractivity contribution in [2.45, 2.75) is 13.1 Å². The molecule has 0 fully saturated rings. The Kier molecular flexibility index (Phi) is 4.30. The highest BCUT2D eigenvalue weighted by Gasteiger charge is 2.31. The molecule has 4 nitrogen and oxygen atoms in total. The number of alkyl halides is 3. The van der Waals surface area contributed by atoms with Crippen LogP contribution in [-0.2, 0) is 10.9 Å². The quantitative estimate of drug-likeness (QED) is 0.890. The number of carbonyl (C=O) groups excluding carboxylic acids is 2. The Morgan fingerprint density at radius 2 is 2.00 bits per heavy atom. The maximum Gasteiger partial charge on any atom is 0.416 e. The second-order valence-electron chi connectivity index (χ2n) is 3.25. The van der Waals surface area contributed by atoms with E-state index in [0.29, 0.717) is 6.07 Å². The van der Waals surface area contributed by atoms with Gasteiger partial charge in [-0.2, -0.15) is 13.2 Å². The molecule has 1 aromatic rings. The van der Waals surface area contributed by atoms with E-state index in [-0.39, 0.29) is 12.2 Å². The number of rotatable bonds is 2. The van der Waals surface area contributed by atoms with Gasteiger partial charge in [-0.3, -0.25) is 10.1 Å². The van der Waals surface area contributed by atoms with Crippen LogP contribution in [0.15, 0.2) is 24.3 Å². The van der Waals surface area contributed by atoms with E-state index in [0.717, 1.165) is 12.1 Å². The molecule has 0 radical (unpaired) electrons. The molecule has 0 unspecified atom stereocenters. The van der Waals surface area contributed by atoms with Crippen LogP contribution in [0.4, 0.5) is 18.0 Å². The van der Waals surface area contributed by atoms with Gasteiger partial charge in [0.2, 0.25) is 0 Å². The Labute approximate surface area is 101 Å². The predicted molar refractivity (Wildman–Crippen MR) is 55.9 cm³/mol. The van der Waals surface area contributed by atoms with E-state index in [1.165, 1.54) is 13.0 Å². The number of carbonyl (C=O) groups is 2. The van der Waals surface area contributed by atoms with Gasteiger partial charge < -0.3 is 4.74 Å². The number of imide groups is 1. The second-order valence-corrected chi connectivity index (χ2v) is 3.25. The fourth-order valence-corrected chi connectivity index (χ4v) is 1.17. The average Bonchev–Trinajstić information content (AvgIpc) is 2.28. The molecule has 1 N–H and O–H groups in total. The molecular formula is C11H10F3NO3. The van der Waals surface area contributed by atoms with Gasteiger partial charge in [-0.25, -0.2) is 4.79 Å². The fourth-order valence-electron chi connectivity index (χ4n) is 1.17. The van der Waals surface area contributed by atoms with E-state index in [1.807, 2.05) is 5.32 Å². The molecule has 0 aliphatic rings. The summed E-state index contributed by atoms with van der Waals surface area (Å²) in [5.41, 5.74) is -1.23. The van der Waals surface area contributed by atoms with Crippen molar-refractivity contribution in [1.82, 2.24) is 5.32 Å². The lowest BCUT2D eigenvalue weighted by Gasteiger charge is -2.08. The molecule has 0 bridgehead atoms. The number of benzene rings is 1. The lowest BCUT2D eigenvalue weighted by atomic mass is 10.1. The third-order valence-corrected chi connectivity index (χ3v) is 1.94. The largest absolute Gasteiger partial charge is 0.450 e. The smallest absolute Gasteiger partial charge is 0.416 e. The van der Waals surface area contributed by atoms with Crippen molar-refractivity contribution in [2.24, 2.45) is 0 Å². The van der Waals surface area contributed by atoms with Gasteiger partial charge in [0.25, 0.3) is 5.91 Å². The van der Waals surface area contributed by atoms with Gasteiger partial charge in [0.15, 0.2) is 0 Å². The first kappa shape index (κ1) is 14.0. The predicted octanol–water partition coefficient (Wildman–Crippen LogP) is 2.59. The number of hydrogen-bond acceptors (Lipinski definition) is 3. The first-order valence-electron chi connectivity index (χ1n) is 5.00. The summed E-state index contributed by atoms with van der Waals surface area (Å²) in [6.07, 6.45) is -5.54. The van der Waals surface area contributed by atoms with Crippen molar-refractivity contribution in [2.75, 3.05) is 6.61 Å². The standard InChI is InChI=1S/C11H10F3NO3/c1-2-18-10(17)15-9(16)7-4-3-5-8(6-7)11(12,13)14/h3-6H,2H2,1H3,(H,15,16,17). The molecular weight excluding hydrogens is 251 g/mol. The summed E-state index contributed by atoms with van der Waals surface area (Å²) in [6, 6.07) is 3.75. The molecule has 0 aliphatic carbocycles. The highest BCUT2D eigenvalue weighted by atomic mass is 19.4. The lowest BCUT2D eigenvalue weighted by molar-refractivity contribution is -0.137. The summed E-state index contributed by atoms with van der Waals surface area (Å²) >= 11 is 0. The maximum absolute atomic E-state index is 12.4. The van der Waals surface area contributed by atoms with Crippen LogP contribution in [-0.4, -0.2) is 18.6 Å². The first-order valence-corrected chi connectivity index (χ1v) is 5.00. The van der Waals surface area contributed by atoms with Gasteiger partial charge >= 0.3 is 12.3 Å². The van der Waals surface area contributed by atoms with Gasteiger partial charge in [0.1, 0.15) is 0 Å². The number of nitrogens with one attached hydrogen (secondary N) is 1. The highest BCUT2D eigenvalue weighted by Crippen LogP contribution is 2.29. The van der Waals surface area contributed by atoms with Crippen molar-refractivity contribution in [3.8, 4) is 0 Å². The Morgan fingerprint density at radius 3 is 2.56 bits per heavy atom. The molecule has 0 saturated heterocycles. The van der Waals surface area contributed by atoms with Crippen molar-refractivity contribution >= 4 is 12.0 Å². The normalized spacial score (nSPS) is 10.9. The van der Waals surface area contributed by atoms with E-state index in [4.69, 9.17) is 0 Å². The first-order chi connectivity index (χ1) is 8.34. The molecule has 1 aromatic carbocycles. The molecule has 0 aliphatic heterocycles. The highest BCUT2D eigenvalue weighted by molar-refractivity contribution is 6.02. The van der Waals surface area contributed by atoms with E-state index in [9.17, 15) is 22.8 Å². The van der Waals surface area contributed by atoms with E-state index >= 15 is 0 Å². The molecule has 2 amide bonds. The van der Waals surface area contributed by atoms with Crippen molar-refractivity contribution in [3.05, 3.63) is 35.4 Å². The van der Waals surface area contributed by atoms with Crippen LogP contribution in [0.5, 0.6) is 0 Å². The molecule has 98 valence electrons. The van der Waals surface area contributed by atoms with Crippen molar-refractivity contribution < 1.29 is 27.5 Å². The Bertz CT molecular complexity index is 457. The van der Waals surface area contributed by atoms with E-state index in [2.05, 4.69) is 4.74 Å². The molecule has 0 heterocycles. The van der Waals surface area contributed by atoms with Gasteiger partial charge in [-0.15, -0.1) is 0 Å². The monoisotopic (exact) mass is 261 g/mol. The lowest BCUT2D eigenvalue weighted by Crippen LogP contribution is -2.31. The number of amides is 2. The minimum atomic E-state index is -4.54. The number of hydrogen-bond donors (Lipinski definition) is 1. The van der Waals surface area contributed by atoms with Crippen LogP contribution in [0.25, 0.3) is 0 Å². The Hall–Kier alpha value is -2.05. The Morgan fingerprint density at radius 1 is 1.33 bits per heavy atom. The molecule has 0 atom stereocenters. The molecule has 0 saturated carbocycles. The minimum absolute atomic E-state index is 0.0572. The van der Waals surface area contributed by atoms with Gasteiger partial charge in [0.05, 0.1) is 12.2 Å². The summed E-state index contributed by atoms with van der Waals surface area (Å²) in [7, 11) is 0. The van der Waals surface area contributed by atoms with E-state index in [1.54, 1.807) is 0 Å². The summed E-state index contributed by atoms with van der Waals surface area (Å²) in [5.74, 6) is -0.945. The van der Waals surface area contributed by atoms with Gasteiger partial charge in [-0.1, -0.05) is 6.07 Å². The van der Waals surface area contributed by atoms with Crippen LogP contribution in [0.1, 0.15) is 22.8 Å². The molecule has 0 aromatic heterocycles. The summed E-state index contributed by atoms with van der Waals surface area (Å²) in [4.78, 5) is 22.4. The Balaban J connectivity index is 2.84. The number of ether oxygens (including phenoxy) is 1. The third kappa shape index (κ3) is 3.76. The van der Waals surface area contributed by atoms with Crippen LogP contribution >= 0.6 is 0 Å². The average molecular weight is 261 g/mol. The zero-order chi connectivity index (χ0) is 13.8. The summed E-state index contributed by atoms with van der Waals surface area (Å²) in [6.45, 7) is 1.59. The van der Waals surface area contributed by atoms with E-state index < -0.39 is 23.7 Å². The molecule has 1 rings (SSSR count). The van der Waals surface area contributed by atoms with Gasteiger partial charge in [0, 0.05) is 5.56 Å². The summed E-state index contributed by atoms with van der Waals surface area (Å²) < 4.78 is 41.6. The van der Waals surface area contributed by atoms with Gasteiger partial charge in [-0.05, 0) is 25.1 Å². The minimum Gasteiger partial charge on any atom is -0.450 e. The molecule has 0 spiro atoms. The molecule has 7 heteroatoms. The topological polar surface area (TPSA) is 55.4 Å². The van der Waals surface area contributed by atoms with Crippen LogP contribution in [0.2, 0.25) is 0 Å². The fraction of sp³-hybridized carbons (Fsp3) is 0.273. The maximum atomic E-state index is 12.4. The van der Waals surface area contributed by atoms with Crippen LogP contribution in [0.3, 0.4) is 0 Å². The third-order valence-electron chi connectivity index (χ3n) is 1.94. The zero-order valence-corrected chi connectivity index (χ0v) is 9.38. The SMILES string of the molecule is CCOC(=O)NC(=O)c1cccc(C(F)(F)F)c1. The van der Waals surface area contributed by atoms with Crippen LogP contribution < -0.4 is 5.32 Å².